The van der Waals surface area contributed by atoms with Crippen LogP contribution in [0.3, 0.4) is 0 Å². The summed E-state index contributed by atoms with van der Waals surface area (Å²) >= 11 is 0. The van der Waals surface area contributed by atoms with Crippen molar-refractivity contribution < 1.29 is 9.21 Å². The maximum absolute atomic E-state index is 12.8. The number of anilines is 1. The fraction of sp³-hybridized carbons (Fsp3) is 0.190. The monoisotopic (exact) mass is 424 g/mol. The lowest BCUT2D eigenvalue weighted by molar-refractivity contribution is -0.114. The third-order valence-corrected chi connectivity index (χ3v) is 4.49. The highest BCUT2D eigenvalue weighted by Gasteiger charge is 2.16. The van der Waals surface area contributed by atoms with Gasteiger partial charge in [0.1, 0.15) is 5.58 Å². The molecule has 0 spiro atoms. The number of rotatable bonds is 7. The molecule has 3 aromatic rings. The highest BCUT2D eigenvalue weighted by atomic mass is 16.4. The van der Waals surface area contributed by atoms with Crippen LogP contribution in [-0.4, -0.2) is 19.6 Å². The Morgan fingerprint density at radius 1 is 0.968 bits per heavy atom. The van der Waals surface area contributed by atoms with Crippen LogP contribution < -0.4 is 28.0 Å². The van der Waals surface area contributed by atoms with Gasteiger partial charge in [0.2, 0.25) is 5.91 Å². The molecule has 160 valence electrons. The molecule has 0 unspecified atom stereocenters. The summed E-state index contributed by atoms with van der Waals surface area (Å²) in [6.07, 6.45) is 2.73. The van der Waals surface area contributed by atoms with E-state index in [9.17, 15) is 24.0 Å². The molecule has 0 saturated heterocycles. The lowest BCUT2D eigenvalue weighted by atomic mass is 10.1. The van der Waals surface area contributed by atoms with Gasteiger partial charge in [-0.3, -0.25) is 4.79 Å². The van der Waals surface area contributed by atoms with Crippen LogP contribution in [0.15, 0.2) is 73.2 Å². The molecular formula is C21H20N4O6. The van der Waals surface area contributed by atoms with E-state index < -0.39 is 22.7 Å². The van der Waals surface area contributed by atoms with E-state index >= 15 is 0 Å². The largest absolute Gasteiger partial charge is 0.423 e. The minimum atomic E-state index is -0.827. The molecular weight excluding hydrogens is 404 g/mol. The molecule has 0 aliphatic rings. The normalized spacial score (nSPS) is 10.7. The number of allylic oxidation sites excluding steroid dienone is 2. The highest BCUT2D eigenvalue weighted by molar-refractivity contribution is 5.92. The first-order valence-electron chi connectivity index (χ1n) is 9.27. The lowest BCUT2D eigenvalue weighted by Crippen LogP contribution is -2.54. The van der Waals surface area contributed by atoms with Crippen molar-refractivity contribution in [3.8, 4) is 0 Å². The van der Waals surface area contributed by atoms with E-state index in [1.165, 1.54) is 31.2 Å². The molecule has 0 atom stereocenters. The number of aromatic nitrogens is 3. The Morgan fingerprint density at radius 2 is 1.55 bits per heavy atom. The Kier molecular flexibility index (Phi) is 6.00. The lowest BCUT2D eigenvalue weighted by Gasteiger charge is -2.13. The molecule has 1 aromatic carbocycles. The van der Waals surface area contributed by atoms with Crippen molar-refractivity contribution in [1.82, 2.24) is 13.7 Å². The average molecular weight is 424 g/mol. The minimum Gasteiger partial charge on any atom is -0.423 e. The van der Waals surface area contributed by atoms with Crippen LogP contribution in [0.2, 0.25) is 0 Å². The van der Waals surface area contributed by atoms with Gasteiger partial charge in [-0.05, 0) is 17.7 Å². The van der Waals surface area contributed by atoms with Crippen molar-refractivity contribution in [3.63, 3.8) is 0 Å². The molecule has 2 aromatic heterocycles. The predicted molar refractivity (Wildman–Crippen MR) is 116 cm³/mol. The van der Waals surface area contributed by atoms with E-state index in [-0.39, 0.29) is 31.1 Å². The molecule has 31 heavy (non-hydrogen) atoms. The fourth-order valence-corrected chi connectivity index (χ4v) is 3.20. The first-order valence-corrected chi connectivity index (χ1v) is 9.27. The van der Waals surface area contributed by atoms with Crippen LogP contribution in [0.25, 0.3) is 11.0 Å². The third-order valence-electron chi connectivity index (χ3n) is 4.49. The first kappa shape index (κ1) is 21.5. The van der Waals surface area contributed by atoms with Gasteiger partial charge in [0.05, 0.1) is 19.6 Å². The molecule has 10 heteroatoms. The minimum absolute atomic E-state index is 0.0904. The molecule has 0 aliphatic heterocycles. The molecule has 1 amide bonds. The van der Waals surface area contributed by atoms with Gasteiger partial charge in [-0.25, -0.2) is 32.9 Å². The molecule has 1 N–H and O–H groups in total. The Hall–Kier alpha value is -4.21. The molecule has 0 saturated carbocycles. The van der Waals surface area contributed by atoms with E-state index in [2.05, 4.69) is 18.5 Å². The average Bonchev–Trinajstić information content (AvgIpc) is 2.70. The summed E-state index contributed by atoms with van der Waals surface area (Å²) < 4.78 is 7.82. The van der Waals surface area contributed by atoms with Gasteiger partial charge in [-0.15, -0.1) is 13.2 Å². The second-order valence-corrected chi connectivity index (χ2v) is 6.72. The van der Waals surface area contributed by atoms with Crippen LogP contribution >= 0.6 is 0 Å². The zero-order chi connectivity index (χ0) is 22.7. The van der Waals surface area contributed by atoms with Crippen molar-refractivity contribution in [1.29, 1.82) is 0 Å². The van der Waals surface area contributed by atoms with E-state index in [1.807, 2.05) is 0 Å². The number of carbonyl (C=O) groups excluding carboxylic acids is 1. The number of amides is 1. The van der Waals surface area contributed by atoms with E-state index in [4.69, 9.17) is 4.42 Å². The van der Waals surface area contributed by atoms with Gasteiger partial charge in [0.25, 0.3) is 0 Å². The number of benzene rings is 1. The van der Waals surface area contributed by atoms with Crippen LogP contribution in [0.4, 0.5) is 5.69 Å². The number of carbonyl (C=O) groups is 1. The van der Waals surface area contributed by atoms with Crippen molar-refractivity contribution in [3.05, 3.63) is 97.0 Å². The Labute approximate surface area is 175 Å². The fourth-order valence-electron chi connectivity index (χ4n) is 3.20. The topological polar surface area (TPSA) is 125 Å². The Morgan fingerprint density at radius 3 is 2.10 bits per heavy atom. The van der Waals surface area contributed by atoms with Gasteiger partial charge in [0.15, 0.2) is 0 Å². The molecule has 0 radical (unpaired) electrons. The number of hydrogen-bond acceptors (Lipinski definition) is 6. The van der Waals surface area contributed by atoms with Crippen molar-refractivity contribution >= 4 is 22.6 Å². The molecule has 3 rings (SSSR count). The number of nitrogens with one attached hydrogen (secondary N) is 1. The van der Waals surface area contributed by atoms with E-state index in [0.29, 0.717) is 16.6 Å². The molecule has 0 fully saturated rings. The number of nitrogens with zero attached hydrogens (tertiary/aromatic N) is 3. The van der Waals surface area contributed by atoms with Gasteiger partial charge in [-0.2, -0.15) is 0 Å². The summed E-state index contributed by atoms with van der Waals surface area (Å²) in [5.74, 6) is -0.295. The predicted octanol–water partition coefficient (Wildman–Crippen LogP) is 0.657. The van der Waals surface area contributed by atoms with Gasteiger partial charge < -0.3 is 9.73 Å². The van der Waals surface area contributed by atoms with Gasteiger partial charge in [0, 0.05) is 30.1 Å². The number of hydrogen-bond donors (Lipinski definition) is 1. The van der Waals surface area contributed by atoms with Crippen LogP contribution in [0.5, 0.6) is 0 Å². The summed E-state index contributed by atoms with van der Waals surface area (Å²) in [5.41, 5.74) is -2.19. The third kappa shape index (κ3) is 4.22. The zero-order valence-electron chi connectivity index (χ0n) is 16.8. The van der Waals surface area contributed by atoms with Crippen molar-refractivity contribution in [2.24, 2.45) is 0 Å². The summed E-state index contributed by atoms with van der Waals surface area (Å²) in [4.78, 5) is 61.6. The van der Waals surface area contributed by atoms with Crippen molar-refractivity contribution in [2.75, 3.05) is 5.32 Å². The van der Waals surface area contributed by atoms with Crippen LogP contribution in [-0.2, 0) is 24.4 Å². The second-order valence-electron chi connectivity index (χ2n) is 6.72. The Bertz CT molecular complexity index is 1390. The van der Waals surface area contributed by atoms with E-state index in [1.54, 1.807) is 12.1 Å². The smallest absolute Gasteiger partial charge is 0.336 e. The standard InChI is InChI=1S/C21H20N4O6/c1-4-8-23-19(28)24(9-5-2)21(30)25(20(23)29)12-14-10-18(27)31-17-11-15(22-13(3)26)6-7-16(14)17/h4-7,10-11H,1-2,8-9,12H2,3H3,(H,22,26). The maximum atomic E-state index is 12.8. The summed E-state index contributed by atoms with van der Waals surface area (Å²) in [6.45, 7) is 7.96. The van der Waals surface area contributed by atoms with E-state index in [0.717, 1.165) is 13.7 Å². The maximum Gasteiger partial charge on any atom is 0.336 e. The zero-order valence-corrected chi connectivity index (χ0v) is 16.8. The molecule has 0 aliphatic carbocycles. The van der Waals surface area contributed by atoms with Crippen LogP contribution in [0.1, 0.15) is 12.5 Å². The summed E-state index contributed by atoms with van der Waals surface area (Å²) in [7, 11) is 0. The second kappa shape index (κ2) is 8.66. The Balaban J connectivity index is 2.23. The van der Waals surface area contributed by atoms with Crippen molar-refractivity contribution in [2.45, 2.75) is 26.6 Å². The quantitative estimate of drug-likeness (QED) is 0.439. The summed E-state index contributed by atoms with van der Waals surface area (Å²) in [5, 5.41) is 3.06. The summed E-state index contributed by atoms with van der Waals surface area (Å²) in [6, 6.07) is 5.85. The first-order chi connectivity index (χ1) is 14.8. The van der Waals surface area contributed by atoms with Gasteiger partial charge >= 0.3 is 22.7 Å². The van der Waals surface area contributed by atoms with Crippen LogP contribution in [0, 0.1) is 0 Å². The highest BCUT2D eigenvalue weighted by Crippen LogP contribution is 2.21. The molecule has 2 heterocycles. The number of fused-ring (bicyclic) bond motifs is 1. The SMILES string of the molecule is C=CCn1c(=O)n(CC=C)c(=O)n(Cc2cc(=O)oc3cc(NC(C)=O)ccc23)c1=O. The van der Waals surface area contributed by atoms with Gasteiger partial charge in [-0.1, -0.05) is 12.2 Å². The molecule has 0 bridgehead atoms. The molecule has 10 nitrogen and oxygen atoms in total.